The van der Waals surface area contributed by atoms with E-state index in [0.29, 0.717) is 26.1 Å². The second-order valence-electron chi connectivity index (χ2n) is 9.08. The molecule has 2 heterocycles. The summed E-state index contributed by atoms with van der Waals surface area (Å²) >= 11 is 0. The third-order valence-corrected chi connectivity index (χ3v) is 6.91. The third kappa shape index (κ3) is 4.22. The van der Waals surface area contributed by atoms with Crippen LogP contribution in [-0.2, 0) is 28.0 Å². The molecule has 5 heteroatoms. The van der Waals surface area contributed by atoms with Crippen molar-refractivity contribution in [1.29, 1.82) is 0 Å². The molecule has 3 atom stereocenters. The van der Waals surface area contributed by atoms with Gasteiger partial charge in [-0.2, -0.15) is 0 Å². The van der Waals surface area contributed by atoms with Gasteiger partial charge in [0.2, 0.25) is 0 Å². The van der Waals surface area contributed by atoms with E-state index in [0.717, 1.165) is 23.1 Å². The number of aliphatic hydroxyl groups is 1. The van der Waals surface area contributed by atoms with Gasteiger partial charge in [-0.3, -0.25) is 4.90 Å². The standard InChI is InChI=1S/C28H30FNO3/c1-2-22-10-6-7-11-25(22)27(31)19-28(33-20-27)26(23-12-14-24(29)15-13-23)30(16-17-32-28)18-21-8-4-3-5-9-21/h3-15,26,31H,2,16-20H2,1H3. The van der Waals surface area contributed by atoms with Gasteiger partial charge in [-0.1, -0.05) is 73.7 Å². The fourth-order valence-electron chi connectivity index (χ4n) is 5.40. The Balaban J connectivity index is 1.54. The summed E-state index contributed by atoms with van der Waals surface area (Å²) in [5, 5.41) is 11.8. The molecule has 2 saturated heterocycles. The molecule has 0 aromatic heterocycles. The van der Waals surface area contributed by atoms with Gasteiger partial charge < -0.3 is 14.6 Å². The lowest BCUT2D eigenvalue weighted by molar-refractivity contribution is -0.276. The first-order chi connectivity index (χ1) is 16.0. The molecular formula is C28H30FNO3. The minimum atomic E-state index is -1.15. The van der Waals surface area contributed by atoms with Gasteiger partial charge in [-0.15, -0.1) is 0 Å². The highest BCUT2D eigenvalue weighted by molar-refractivity contribution is 5.35. The van der Waals surface area contributed by atoms with E-state index < -0.39 is 11.4 Å². The molecule has 2 aliphatic rings. The summed E-state index contributed by atoms with van der Waals surface area (Å²) in [5.41, 5.74) is 2.95. The number of hydrogen-bond acceptors (Lipinski definition) is 4. The van der Waals surface area contributed by atoms with Gasteiger partial charge in [0, 0.05) is 19.5 Å². The summed E-state index contributed by atoms with van der Waals surface area (Å²) < 4.78 is 26.6. The van der Waals surface area contributed by atoms with Gasteiger partial charge in [-0.05, 0) is 40.8 Å². The van der Waals surface area contributed by atoms with Crippen LogP contribution in [0.5, 0.6) is 0 Å². The maximum atomic E-state index is 13.8. The average Bonchev–Trinajstić information content (AvgIpc) is 3.18. The molecule has 0 bridgehead atoms. The van der Waals surface area contributed by atoms with Crippen LogP contribution in [0.4, 0.5) is 4.39 Å². The number of nitrogens with zero attached hydrogens (tertiary/aromatic N) is 1. The predicted molar refractivity (Wildman–Crippen MR) is 125 cm³/mol. The summed E-state index contributed by atoms with van der Waals surface area (Å²) in [5.74, 6) is -1.31. The number of ether oxygens (including phenoxy) is 2. The van der Waals surface area contributed by atoms with Crippen LogP contribution in [0.25, 0.3) is 0 Å². The van der Waals surface area contributed by atoms with E-state index >= 15 is 0 Å². The molecule has 3 unspecified atom stereocenters. The minimum Gasteiger partial charge on any atom is -0.383 e. The van der Waals surface area contributed by atoms with E-state index in [1.807, 2.05) is 36.4 Å². The SMILES string of the molecule is CCc1ccccc1C1(O)COC2(C1)OCCN(Cc1ccccc1)C2c1ccc(F)cc1. The Kier molecular flexibility index (Phi) is 6.06. The van der Waals surface area contributed by atoms with Crippen molar-refractivity contribution in [3.63, 3.8) is 0 Å². The lowest BCUT2D eigenvalue weighted by Gasteiger charge is -2.47. The maximum Gasteiger partial charge on any atom is 0.191 e. The van der Waals surface area contributed by atoms with Crippen molar-refractivity contribution in [2.75, 3.05) is 19.8 Å². The number of benzene rings is 3. The van der Waals surface area contributed by atoms with Crippen molar-refractivity contribution in [2.45, 2.75) is 43.7 Å². The molecule has 3 aromatic rings. The zero-order valence-electron chi connectivity index (χ0n) is 18.9. The Hall–Kier alpha value is -2.57. The Bertz CT molecular complexity index is 1090. The van der Waals surface area contributed by atoms with Crippen LogP contribution in [0.1, 0.15) is 41.6 Å². The molecule has 5 rings (SSSR count). The second-order valence-corrected chi connectivity index (χ2v) is 9.08. The van der Waals surface area contributed by atoms with Crippen molar-refractivity contribution in [1.82, 2.24) is 4.90 Å². The normalized spacial score (nSPS) is 27.8. The molecule has 0 saturated carbocycles. The van der Waals surface area contributed by atoms with Crippen molar-refractivity contribution in [3.8, 4) is 0 Å². The van der Waals surface area contributed by atoms with Crippen LogP contribution in [0.15, 0.2) is 78.9 Å². The molecule has 33 heavy (non-hydrogen) atoms. The number of rotatable bonds is 5. The van der Waals surface area contributed by atoms with E-state index in [4.69, 9.17) is 9.47 Å². The molecule has 2 fully saturated rings. The highest BCUT2D eigenvalue weighted by atomic mass is 19.1. The molecule has 0 radical (unpaired) electrons. The van der Waals surface area contributed by atoms with Crippen molar-refractivity contribution < 1.29 is 19.0 Å². The highest BCUT2D eigenvalue weighted by Gasteiger charge is 2.58. The Morgan fingerprint density at radius 2 is 1.70 bits per heavy atom. The van der Waals surface area contributed by atoms with Crippen molar-refractivity contribution in [3.05, 3.63) is 107 Å². The van der Waals surface area contributed by atoms with E-state index in [1.54, 1.807) is 12.1 Å². The maximum absolute atomic E-state index is 13.8. The van der Waals surface area contributed by atoms with Crippen LogP contribution in [-0.4, -0.2) is 35.6 Å². The Morgan fingerprint density at radius 3 is 2.45 bits per heavy atom. The quantitative estimate of drug-likeness (QED) is 0.600. The molecule has 0 aliphatic carbocycles. The van der Waals surface area contributed by atoms with Crippen LogP contribution < -0.4 is 0 Å². The zero-order valence-corrected chi connectivity index (χ0v) is 18.9. The highest BCUT2D eigenvalue weighted by Crippen LogP contribution is 2.51. The zero-order chi connectivity index (χ0) is 22.9. The fourth-order valence-corrected chi connectivity index (χ4v) is 5.40. The molecule has 172 valence electrons. The molecule has 1 N–H and O–H groups in total. The summed E-state index contributed by atoms with van der Waals surface area (Å²) in [6.07, 6.45) is 1.14. The molecule has 2 aliphatic heterocycles. The van der Waals surface area contributed by atoms with Gasteiger partial charge >= 0.3 is 0 Å². The molecule has 3 aromatic carbocycles. The average molecular weight is 448 g/mol. The predicted octanol–water partition coefficient (Wildman–Crippen LogP) is 4.97. The van der Waals surface area contributed by atoms with Gasteiger partial charge in [0.15, 0.2) is 5.79 Å². The summed E-state index contributed by atoms with van der Waals surface area (Å²) in [4.78, 5) is 2.32. The fraction of sp³-hybridized carbons (Fsp3) is 0.357. The first-order valence-electron chi connectivity index (χ1n) is 11.7. The van der Waals surface area contributed by atoms with E-state index in [2.05, 4.69) is 30.0 Å². The number of halogens is 1. The second kappa shape index (κ2) is 8.99. The molecule has 4 nitrogen and oxygen atoms in total. The molecule has 1 spiro atoms. The van der Waals surface area contributed by atoms with Gasteiger partial charge in [-0.25, -0.2) is 4.39 Å². The van der Waals surface area contributed by atoms with Crippen molar-refractivity contribution >= 4 is 0 Å². The van der Waals surface area contributed by atoms with E-state index in [9.17, 15) is 9.50 Å². The Labute approximate surface area is 194 Å². The number of morpholine rings is 1. The topological polar surface area (TPSA) is 41.9 Å². The van der Waals surface area contributed by atoms with Crippen LogP contribution in [0.3, 0.4) is 0 Å². The van der Waals surface area contributed by atoms with E-state index in [-0.39, 0.29) is 18.5 Å². The molecular weight excluding hydrogens is 417 g/mol. The lowest BCUT2D eigenvalue weighted by Crippen LogP contribution is -2.54. The smallest absolute Gasteiger partial charge is 0.191 e. The molecule has 0 amide bonds. The van der Waals surface area contributed by atoms with Crippen LogP contribution in [0, 0.1) is 5.82 Å². The first kappa shape index (κ1) is 22.2. The monoisotopic (exact) mass is 447 g/mol. The van der Waals surface area contributed by atoms with Gasteiger partial charge in [0.25, 0.3) is 0 Å². The van der Waals surface area contributed by atoms with Crippen LogP contribution >= 0.6 is 0 Å². The summed E-state index contributed by atoms with van der Waals surface area (Å²) in [7, 11) is 0. The van der Waals surface area contributed by atoms with Crippen LogP contribution in [0.2, 0.25) is 0 Å². The number of aryl methyl sites for hydroxylation is 1. The van der Waals surface area contributed by atoms with Gasteiger partial charge in [0.05, 0.1) is 19.3 Å². The summed E-state index contributed by atoms with van der Waals surface area (Å²) in [6.45, 7) is 4.16. The minimum absolute atomic E-state index is 0.154. The summed E-state index contributed by atoms with van der Waals surface area (Å²) in [6, 6.07) is 24.5. The number of hydrogen-bond donors (Lipinski definition) is 1. The van der Waals surface area contributed by atoms with Crippen molar-refractivity contribution in [2.24, 2.45) is 0 Å². The first-order valence-corrected chi connectivity index (χ1v) is 11.7. The third-order valence-electron chi connectivity index (χ3n) is 6.91. The largest absolute Gasteiger partial charge is 0.383 e. The Morgan fingerprint density at radius 1 is 0.970 bits per heavy atom. The van der Waals surface area contributed by atoms with E-state index in [1.165, 1.54) is 17.7 Å². The van der Waals surface area contributed by atoms with Gasteiger partial charge in [0.1, 0.15) is 11.4 Å². The lowest BCUT2D eigenvalue weighted by atomic mass is 9.82.